The average molecular weight is 460 g/mol. The number of ether oxygens (including phenoxy) is 1. The van der Waals surface area contributed by atoms with Gasteiger partial charge in [-0.25, -0.2) is 9.37 Å². The molecule has 0 bridgehead atoms. The molecule has 162 valence electrons. The summed E-state index contributed by atoms with van der Waals surface area (Å²) >= 11 is 2.69. The van der Waals surface area contributed by atoms with Crippen molar-refractivity contribution >= 4 is 40.6 Å². The second-order valence-corrected chi connectivity index (χ2v) is 8.65. The largest absolute Gasteiger partial charge is 0.497 e. The van der Waals surface area contributed by atoms with E-state index in [-0.39, 0.29) is 29.8 Å². The fraction of sp³-hybridized carbons (Fsp3) is 0.227. The third kappa shape index (κ3) is 7.69. The van der Waals surface area contributed by atoms with E-state index in [0.29, 0.717) is 17.9 Å². The van der Waals surface area contributed by atoms with Crippen LogP contribution in [0.5, 0.6) is 5.75 Å². The van der Waals surface area contributed by atoms with E-state index in [0.717, 1.165) is 22.1 Å². The highest BCUT2D eigenvalue weighted by molar-refractivity contribution is 8.01. The molecule has 3 rings (SSSR count). The summed E-state index contributed by atoms with van der Waals surface area (Å²) < 4.78 is 18.7. The van der Waals surface area contributed by atoms with Crippen LogP contribution in [-0.4, -0.2) is 36.2 Å². The van der Waals surface area contributed by atoms with Gasteiger partial charge in [0.2, 0.25) is 11.8 Å². The van der Waals surface area contributed by atoms with Crippen molar-refractivity contribution in [2.45, 2.75) is 17.2 Å². The molecule has 31 heavy (non-hydrogen) atoms. The number of nitrogens with one attached hydrogen (secondary N) is 2. The number of benzene rings is 2. The van der Waals surface area contributed by atoms with Gasteiger partial charge in [0.1, 0.15) is 11.6 Å². The summed E-state index contributed by atoms with van der Waals surface area (Å²) in [6.07, 6.45) is 0.929. The minimum absolute atomic E-state index is 0.0931. The number of amides is 2. The van der Waals surface area contributed by atoms with Crippen LogP contribution >= 0.6 is 23.1 Å². The van der Waals surface area contributed by atoms with E-state index in [2.05, 4.69) is 15.6 Å². The van der Waals surface area contributed by atoms with E-state index in [1.54, 1.807) is 7.11 Å². The number of hydrogen-bond acceptors (Lipinski definition) is 6. The van der Waals surface area contributed by atoms with Gasteiger partial charge in [-0.3, -0.25) is 9.59 Å². The number of nitrogens with zero attached hydrogens (tertiary/aromatic N) is 1. The zero-order valence-electron chi connectivity index (χ0n) is 16.9. The van der Waals surface area contributed by atoms with E-state index < -0.39 is 0 Å². The van der Waals surface area contributed by atoms with Gasteiger partial charge in [0.15, 0.2) is 4.34 Å². The molecule has 0 spiro atoms. The third-order valence-electron chi connectivity index (χ3n) is 4.22. The second-order valence-electron chi connectivity index (χ2n) is 6.57. The molecule has 6 nitrogen and oxygen atoms in total. The van der Waals surface area contributed by atoms with Gasteiger partial charge in [-0.1, -0.05) is 23.9 Å². The molecule has 0 fully saturated rings. The topological polar surface area (TPSA) is 80.3 Å². The van der Waals surface area contributed by atoms with Crippen LogP contribution in [-0.2, 0) is 22.4 Å². The number of carbonyl (C=O) groups excluding carboxylic acids is 2. The first-order valence-corrected chi connectivity index (χ1v) is 11.4. The van der Waals surface area contributed by atoms with E-state index in [1.807, 2.05) is 29.6 Å². The number of rotatable bonds is 10. The first kappa shape index (κ1) is 22.8. The molecule has 9 heteroatoms. The van der Waals surface area contributed by atoms with Crippen LogP contribution < -0.4 is 15.4 Å². The Morgan fingerprint density at radius 3 is 2.55 bits per heavy atom. The summed E-state index contributed by atoms with van der Waals surface area (Å²) in [5.41, 5.74) is 2.33. The number of carbonyl (C=O) groups is 2. The maximum Gasteiger partial charge on any atom is 0.234 e. The summed E-state index contributed by atoms with van der Waals surface area (Å²) in [5, 5.41) is 7.42. The highest BCUT2D eigenvalue weighted by Crippen LogP contribution is 2.23. The number of methoxy groups -OCH3 is 1. The van der Waals surface area contributed by atoms with E-state index in [1.165, 1.54) is 47.4 Å². The van der Waals surface area contributed by atoms with Crippen LogP contribution in [0.1, 0.15) is 11.3 Å². The summed E-state index contributed by atoms with van der Waals surface area (Å²) in [5.74, 6) is 0.331. The van der Waals surface area contributed by atoms with Crippen molar-refractivity contribution in [2.75, 3.05) is 24.7 Å². The molecule has 1 aromatic heterocycles. The van der Waals surface area contributed by atoms with E-state index in [4.69, 9.17) is 4.74 Å². The van der Waals surface area contributed by atoms with Crippen molar-refractivity contribution in [3.05, 3.63) is 71.0 Å². The lowest BCUT2D eigenvalue weighted by molar-refractivity contribution is -0.120. The van der Waals surface area contributed by atoms with Crippen molar-refractivity contribution in [3.8, 4) is 5.75 Å². The molecule has 0 unspecified atom stereocenters. The molecule has 3 aromatic rings. The Labute approximate surface area is 188 Å². The average Bonchev–Trinajstić information content (AvgIpc) is 3.21. The second kappa shape index (κ2) is 11.5. The van der Waals surface area contributed by atoms with Crippen LogP contribution in [0.25, 0.3) is 0 Å². The Morgan fingerprint density at radius 2 is 1.84 bits per heavy atom. The molecule has 2 aromatic carbocycles. The Balaban J connectivity index is 1.37. The van der Waals surface area contributed by atoms with Crippen LogP contribution in [0.4, 0.5) is 10.1 Å². The molecule has 1 heterocycles. The van der Waals surface area contributed by atoms with Gasteiger partial charge in [-0.2, -0.15) is 0 Å². The van der Waals surface area contributed by atoms with E-state index in [9.17, 15) is 14.0 Å². The molecule has 0 saturated carbocycles. The number of aromatic nitrogens is 1. The zero-order chi connectivity index (χ0) is 22.1. The number of halogens is 1. The minimum atomic E-state index is -0.354. The maximum absolute atomic E-state index is 12.9. The highest BCUT2D eigenvalue weighted by atomic mass is 32.2. The van der Waals surface area contributed by atoms with Gasteiger partial charge < -0.3 is 15.4 Å². The quantitative estimate of drug-likeness (QED) is 0.449. The first-order chi connectivity index (χ1) is 15.0. The summed E-state index contributed by atoms with van der Waals surface area (Å²) in [6, 6.07) is 13.3. The minimum Gasteiger partial charge on any atom is -0.497 e. The maximum atomic E-state index is 12.9. The Kier molecular flexibility index (Phi) is 8.43. The van der Waals surface area contributed by atoms with Crippen molar-refractivity contribution < 1.29 is 18.7 Å². The lowest BCUT2D eigenvalue weighted by Crippen LogP contribution is -2.27. The molecule has 0 radical (unpaired) electrons. The number of anilines is 1. The number of thiazole rings is 1. The monoisotopic (exact) mass is 459 g/mol. The molecule has 0 aliphatic heterocycles. The predicted molar refractivity (Wildman–Crippen MR) is 121 cm³/mol. The van der Waals surface area contributed by atoms with Gasteiger partial charge in [0, 0.05) is 17.6 Å². The van der Waals surface area contributed by atoms with E-state index >= 15 is 0 Å². The molecular weight excluding hydrogens is 437 g/mol. The summed E-state index contributed by atoms with van der Waals surface area (Å²) in [6.45, 7) is 0.542. The fourth-order valence-electron chi connectivity index (χ4n) is 2.66. The van der Waals surface area contributed by atoms with Crippen molar-refractivity contribution in [2.24, 2.45) is 0 Å². The van der Waals surface area contributed by atoms with Crippen LogP contribution in [0, 0.1) is 5.82 Å². The molecular formula is C22H22FN3O3S2. The van der Waals surface area contributed by atoms with Crippen LogP contribution in [0.2, 0.25) is 0 Å². The van der Waals surface area contributed by atoms with Gasteiger partial charge in [-0.15, -0.1) is 11.3 Å². The van der Waals surface area contributed by atoms with Crippen LogP contribution in [0.3, 0.4) is 0 Å². The van der Waals surface area contributed by atoms with Crippen molar-refractivity contribution in [3.63, 3.8) is 0 Å². The Morgan fingerprint density at radius 1 is 1.10 bits per heavy atom. The Bertz CT molecular complexity index is 1010. The molecule has 0 saturated heterocycles. The van der Waals surface area contributed by atoms with Crippen LogP contribution in [0.15, 0.2) is 58.3 Å². The van der Waals surface area contributed by atoms with Gasteiger partial charge in [0.05, 0.1) is 25.0 Å². The lowest BCUT2D eigenvalue weighted by atomic mass is 10.1. The fourth-order valence-corrected chi connectivity index (χ4v) is 4.30. The lowest BCUT2D eigenvalue weighted by Gasteiger charge is -2.05. The molecule has 2 amide bonds. The molecule has 0 atom stereocenters. The third-order valence-corrected chi connectivity index (χ3v) is 6.29. The smallest absolute Gasteiger partial charge is 0.234 e. The zero-order valence-corrected chi connectivity index (χ0v) is 18.5. The van der Waals surface area contributed by atoms with Gasteiger partial charge >= 0.3 is 0 Å². The molecule has 2 N–H and O–H groups in total. The van der Waals surface area contributed by atoms with Crippen molar-refractivity contribution in [1.82, 2.24) is 10.3 Å². The Hall–Kier alpha value is -2.91. The standard InChI is InChI=1S/C22H22FN3O3S2/c1-29-19-8-2-15(3-9-19)10-11-24-20(27)12-18-13-30-22(26-18)31-14-21(28)25-17-6-4-16(23)5-7-17/h2-9,13H,10-12,14H2,1H3,(H,24,27)(H,25,28). The SMILES string of the molecule is COc1ccc(CCNC(=O)Cc2csc(SCC(=O)Nc3ccc(F)cc3)n2)cc1. The molecule has 0 aliphatic carbocycles. The molecule has 0 aliphatic rings. The number of hydrogen-bond donors (Lipinski definition) is 2. The van der Waals surface area contributed by atoms with Gasteiger partial charge in [-0.05, 0) is 48.4 Å². The summed E-state index contributed by atoms with van der Waals surface area (Å²) in [7, 11) is 1.63. The summed E-state index contributed by atoms with van der Waals surface area (Å²) in [4.78, 5) is 28.6. The first-order valence-electron chi connectivity index (χ1n) is 9.54. The van der Waals surface area contributed by atoms with Crippen molar-refractivity contribution in [1.29, 1.82) is 0 Å². The number of thioether (sulfide) groups is 1. The van der Waals surface area contributed by atoms with Gasteiger partial charge in [0.25, 0.3) is 0 Å². The normalized spacial score (nSPS) is 10.5. The highest BCUT2D eigenvalue weighted by Gasteiger charge is 2.10. The predicted octanol–water partition coefficient (Wildman–Crippen LogP) is 3.92.